The minimum Gasteiger partial charge on any atom is -0.497 e. The SMILES string of the molecule is COc1ccc(N)c(Sc2cc(OC)ccc2Sc2ccccc2)c1. The monoisotopic (exact) mass is 369 g/mol. The Balaban J connectivity index is 1.96. The molecule has 0 saturated heterocycles. The summed E-state index contributed by atoms with van der Waals surface area (Å²) < 4.78 is 10.7. The van der Waals surface area contributed by atoms with Gasteiger partial charge in [-0.15, -0.1) is 0 Å². The summed E-state index contributed by atoms with van der Waals surface area (Å²) in [4.78, 5) is 4.39. The molecular weight excluding hydrogens is 350 g/mol. The number of benzene rings is 3. The molecule has 0 radical (unpaired) electrons. The standard InChI is InChI=1S/C20H19NO2S2/c1-22-14-8-10-17(21)19(12-14)25-20-13-15(23-2)9-11-18(20)24-16-6-4-3-5-7-16/h3-13H,21H2,1-2H3. The van der Waals surface area contributed by atoms with Crippen molar-refractivity contribution < 1.29 is 9.47 Å². The Morgan fingerprint density at radius 3 is 2.00 bits per heavy atom. The number of rotatable bonds is 6. The maximum absolute atomic E-state index is 6.15. The first kappa shape index (κ1) is 17.6. The highest BCUT2D eigenvalue weighted by Gasteiger charge is 2.11. The van der Waals surface area contributed by atoms with Gasteiger partial charge in [-0.2, -0.15) is 0 Å². The largest absolute Gasteiger partial charge is 0.497 e. The summed E-state index contributed by atoms with van der Waals surface area (Å²) in [6.07, 6.45) is 0. The van der Waals surface area contributed by atoms with E-state index in [0.29, 0.717) is 0 Å². The number of anilines is 1. The fourth-order valence-electron chi connectivity index (χ4n) is 2.24. The average molecular weight is 370 g/mol. The highest BCUT2D eigenvalue weighted by molar-refractivity contribution is 8.02. The van der Waals surface area contributed by atoms with Crippen LogP contribution in [0.3, 0.4) is 0 Å². The molecule has 0 fully saturated rings. The zero-order valence-electron chi connectivity index (χ0n) is 14.1. The van der Waals surface area contributed by atoms with Crippen LogP contribution in [0.5, 0.6) is 11.5 Å². The molecule has 3 nitrogen and oxygen atoms in total. The first-order chi connectivity index (χ1) is 12.2. The molecule has 128 valence electrons. The van der Waals surface area contributed by atoms with Gasteiger partial charge in [-0.3, -0.25) is 0 Å². The Morgan fingerprint density at radius 2 is 1.32 bits per heavy atom. The first-order valence-electron chi connectivity index (χ1n) is 7.72. The number of hydrogen-bond donors (Lipinski definition) is 1. The number of nitrogen functional groups attached to an aromatic ring is 1. The molecule has 3 rings (SSSR count). The highest BCUT2D eigenvalue weighted by atomic mass is 32.2. The number of nitrogens with two attached hydrogens (primary N) is 1. The second-order valence-corrected chi connectivity index (χ2v) is 7.43. The Morgan fingerprint density at radius 1 is 0.680 bits per heavy atom. The van der Waals surface area contributed by atoms with E-state index in [9.17, 15) is 0 Å². The van der Waals surface area contributed by atoms with E-state index in [1.54, 1.807) is 37.7 Å². The summed E-state index contributed by atoms with van der Waals surface area (Å²) in [5, 5.41) is 0. The fourth-order valence-corrected chi connectivity index (χ4v) is 4.28. The highest BCUT2D eigenvalue weighted by Crippen LogP contribution is 2.42. The minimum absolute atomic E-state index is 0.726. The lowest BCUT2D eigenvalue weighted by atomic mass is 10.3. The van der Waals surface area contributed by atoms with Crippen LogP contribution in [0, 0.1) is 0 Å². The van der Waals surface area contributed by atoms with Gasteiger partial charge >= 0.3 is 0 Å². The van der Waals surface area contributed by atoms with Crippen molar-refractivity contribution in [2.45, 2.75) is 19.6 Å². The van der Waals surface area contributed by atoms with Crippen LogP contribution in [0.25, 0.3) is 0 Å². The van der Waals surface area contributed by atoms with Crippen LogP contribution in [0.15, 0.2) is 86.3 Å². The Labute approximate surface area is 156 Å². The predicted octanol–water partition coefficient (Wildman–Crippen LogP) is 5.59. The van der Waals surface area contributed by atoms with E-state index >= 15 is 0 Å². The lowest BCUT2D eigenvalue weighted by Crippen LogP contribution is -1.91. The summed E-state index contributed by atoms with van der Waals surface area (Å²) in [5.74, 6) is 1.61. The Bertz CT molecular complexity index is 854. The maximum Gasteiger partial charge on any atom is 0.120 e. The third kappa shape index (κ3) is 4.44. The van der Waals surface area contributed by atoms with Crippen molar-refractivity contribution >= 4 is 29.2 Å². The third-order valence-electron chi connectivity index (χ3n) is 3.56. The van der Waals surface area contributed by atoms with Crippen LogP contribution in [0.1, 0.15) is 0 Å². The lowest BCUT2D eigenvalue weighted by molar-refractivity contribution is 0.413. The van der Waals surface area contributed by atoms with Crippen LogP contribution >= 0.6 is 23.5 Å². The van der Waals surface area contributed by atoms with Crippen LogP contribution in [-0.4, -0.2) is 14.2 Å². The van der Waals surface area contributed by atoms with Crippen molar-refractivity contribution in [3.05, 3.63) is 66.7 Å². The van der Waals surface area contributed by atoms with E-state index in [1.165, 1.54) is 4.90 Å². The third-order valence-corrected chi connectivity index (χ3v) is 5.91. The molecule has 0 aliphatic rings. The molecule has 0 bridgehead atoms. The summed E-state index contributed by atoms with van der Waals surface area (Å²) in [7, 11) is 3.33. The molecule has 0 heterocycles. The molecule has 3 aromatic rings. The first-order valence-corrected chi connectivity index (χ1v) is 9.35. The van der Waals surface area contributed by atoms with Crippen LogP contribution < -0.4 is 15.2 Å². The quantitative estimate of drug-likeness (QED) is 0.574. The Kier molecular flexibility index (Phi) is 5.79. The van der Waals surface area contributed by atoms with Gasteiger partial charge in [0.05, 0.1) is 14.2 Å². The van der Waals surface area contributed by atoms with Gasteiger partial charge in [0, 0.05) is 25.3 Å². The van der Waals surface area contributed by atoms with Crippen molar-refractivity contribution in [1.82, 2.24) is 0 Å². The summed E-state index contributed by atoms with van der Waals surface area (Å²) >= 11 is 3.33. The molecule has 3 aromatic carbocycles. The summed E-state index contributed by atoms with van der Waals surface area (Å²) in [6.45, 7) is 0. The van der Waals surface area contributed by atoms with Crippen LogP contribution in [-0.2, 0) is 0 Å². The minimum atomic E-state index is 0.726. The lowest BCUT2D eigenvalue weighted by Gasteiger charge is -2.13. The molecule has 0 unspecified atom stereocenters. The van der Waals surface area contributed by atoms with E-state index < -0.39 is 0 Å². The second kappa shape index (κ2) is 8.23. The predicted molar refractivity (Wildman–Crippen MR) is 105 cm³/mol. The zero-order valence-corrected chi connectivity index (χ0v) is 15.7. The van der Waals surface area contributed by atoms with Crippen LogP contribution in [0.2, 0.25) is 0 Å². The number of methoxy groups -OCH3 is 2. The fraction of sp³-hybridized carbons (Fsp3) is 0.100. The normalized spacial score (nSPS) is 10.5. The molecule has 0 saturated carbocycles. The van der Waals surface area contributed by atoms with Crippen molar-refractivity contribution in [2.24, 2.45) is 0 Å². The molecule has 25 heavy (non-hydrogen) atoms. The molecule has 0 amide bonds. The number of hydrogen-bond acceptors (Lipinski definition) is 5. The van der Waals surface area contributed by atoms with Gasteiger partial charge in [0.25, 0.3) is 0 Å². The van der Waals surface area contributed by atoms with Gasteiger partial charge in [-0.1, -0.05) is 41.7 Å². The van der Waals surface area contributed by atoms with Gasteiger partial charge in [0.1, 0.15) is 11.5 Å². The average Bonchev–Trinajstić information content (AvgIpc) is 2.65. The molecule has 0 aliphatic heterocycles. The molecule has 5 heteroatoms. The number of ether oxygens (including phenoxy) is 2. The summed E-state index contributed by atoms with van der Waals surface area (Å²) in [6, 6.07) is 22.1. The zero-order chi connectivity index (χ0) is 17.6. The van der Waals surface area contributed by atoms with E-state index in [-0.39, 0.29) is 0 Å². The topological polar surface area (TPSA) is 44.5 Å². The van der Waals surface area contributed by atoms with Gasteiger partial charge in [0.2, 0.25) is 0 Å². The van der Waals surface area contributed by atoms with Crippen molar-refractivity contribution in [2.75, 3.05) is 20.0 Å². The molecule has 0 aliphatic carbocycles. The van der Waals surface area contributed by atoms with Crippen molar-refractivity contribution in [1.29, 1.82) is 0 Å². The molecule has 0 aromatic heterocycles. The van der Waals surface area contributed by atoms with Crippen molar-refractivity contribution in [3.63, 3.8) is 0 Å². The van der Waals surface area contributed by atoms with Crippen LogP contribution in [0.4, 0.5) is 5.69 Å². The molecule has 0 spiro atoms. The molecular formula is C20H19NO2S2. The maximum atomic E-state index is 6.15. The van der Waals surface area contributed by atoms with Gasteiger partial charge < -0.3 is 15.2 Å². The van der Waals surface area contributed by atoms with E-state index in [1.807, 2.05) is 48.5 Å². The van der Waals surface area contributed by atoms with E-state index in [2.05, 4.69) is 18.2 Å². The molecule has 0 atom stereocenters. The Hall–Kier alpha value is -2.24. The second-order valence-electron chi connectivity index (χ2n) is 5.23. The van der Waals surface area contributed by atoms with Crippen molar-refractivity contribution in [3.8, 4) is 11.5 Å². The van der Waals surface area contributed by atoms with Gasteiger partial charge in [-0.25, -0.2) is 0 Å². The smallest absolute Gasteiger partial charge is 0.120 e. The van der Waals surface area contributed by atoms with E-state index in [4.69, 9.17) is 15.2 Å². The molecule has 2 N–H and O–H groups in total. The van der Waals surface area contributed by atoms with E-state index in [0.717, 1.165) is 31.9 Å². The van der Waals surface area contributed by atoms with Gasteiger partial charge in [0.15, 0.2) is 0 Å². The van der Waals surface area contributed by atoms with Gasteiger partial charge in [-0.05, 0) is 48.5 Å². The summed E-state index contributed by atoms with van der Waals surface area (Å²) in [5.41, 5.74) is 6.88.